The quantitative estimate of drug-likeness (QED) is 0.150. The van der Waals surface area contributed by atoms with Crippen LogP contribution in [0.25, 0.3) is 16.5 Å². The number of benzene rings is 3. The number of allylic oxidation sites excluding steroid dienone is 2. The Balaban J connectivity index is 1.15. The second-order valence-corrected chi connectivity index (χ2v) is 13.1. The average Bonchev–Trinajstić information content (AvgIpc) is 3.83. The van der Waals surface area contributed by atoms with Gasteiger partial charge in [-0.1, -0.05) is 24.3 Å². The maximum atomic E-state index is 15.3. The van der Waals surface area contributed by atoms with Crippen LogP contribution in [0.5, 0.6) is 11.5 Å². The minimum atomic E-state index is -4.88. The van der Waals surface area contributed by atoms with Crippen LogP contribution in [0.2, 0.25) is 0 Å². The summed E-state index contributed by atoms with van der Waals surface area (Å²) in [6.45, 7) is 5.69. The second-order valence-electron chi connectivity index (χ2n) is 11.5. The van der Waals surface area contributed by atoms with Gasteiger partial charge in [-0.05, 0) is 61.0 Å². The Hall–Kier alpha value is -4.20. The van der Waals surface area contributed by atoms with Crippen molar-refractivity contribution in [3.05, 3.63) is 101 Å². The van der Waals surface area contributed by atoms with E-state index >= 15 is 4.39 Å². The summed E-state index contributed by atoms with van der Waals surface area (Å²) in [6, 6.07) is 12.9. The van der Waals surface area contributed by atoms with Gasteiger partial charge in [0, 0.05) is 55.9 Å². The summed E-state index contributed by atoms with van der Waals surface area (Å²) in [5.74, 6) is 0.997. The van der Waals surface area contributed by atoms with E-state index in [1.807, 2.05) is 18.2 Å². The molecule has 1 N–H and O–H groups in total. The summed E-state index contributed by atoms with van der Waals surface area (Å²) in [4.78, 5) is 8.31. The molecular formula is C34H33F4N4O4S. The molecule has 2 aliphatic rings. The first-order chi connectivity index (χ1) is 22.4. The van der Waals surface area contributed by atoms with E-state index in [0.717, 1.165) is 73.9 Å². The normalized spacial score (nSPS) is 16.3. The van der Waals surface area contributed by atoms with Gasteiger partial charge in [0.2, 0.25) is 0 Å². The molecule has 1 aromatic heterocycles. The Morgan fingerprint density at radius 3 is 2.45 bits per heavy atom. The van der Waals surface area contributed by atoms with E-state index in [-0.39, 0.29) is 11.3 Å². The van der Waals surface area contributed by atoms with Crippen LogP contribution >= 0.6 is 0 Å². The van der Waals surface area contributed by atoms with Gasteiger partial charge in [-0.2, -0.15) is 13.2 Å². The van der Waals surface area contributed by atoms with Gasteiger partial charge in [0.1, 0.15) is 5.82 Å². The number of pyridine rings is 1. The standard InChI is InChI=1S/C34H33F4N4O4S/c1-41-13-15-42(16-14-41)12-5-17-46-32-21-30-27(20-31(32)45-2)23(10-11-39-30)25-19-26(25)24-9-8-22(18-29(24)35)40-47(43,44)33-7-4-3-6-28(33)34(36,37)38/h3-4,6-11,18-21,40H,5,12-17H2,1-2H3. The number of hydrogen-bond acceptors (Lipinski definition) is 7. The van der Waals surface area contributed by atoms with E-state index in [9.17, 15) is 21.6 Å². The van der Waals surface area contributed by atoms with Crippen LogP contribution in [0, 0.1) is 11.7 Å². The number of alkyl halides is 3. The first-order valence-electron chi connectivity index (χ1n) is 15.0. The molecule has 6 rings (SSSR count). The molecule has 247 valence electrons. The molecule has 3 aromatic carbocycles. The molecule has 0 saturated carbocycles. The lowest BCUT2D eigenvalue weighted by atomic mass is 9.99. The van der Waals surface area contributed by atoms with Crippen molar-refractivity contribution in [2.75, 3.05) is 58.2 Å². The Labute approximate surface area is 270 Å². The molecule has 0 atom stereocenters. The zero-order valence-electron chi connectivity index (χ0n) is 25.8. The molecular weight excluding hydrogens is 636 g/mol. The van der Waals surface area contributed by atoms with Gasteiger partial charge in [-0.25, -0.2) is 12.8 Å². The number of hydrogen-bond donors (Lipinski definition) is 1. The minimum Gasteiger partial charge on any atom is -0.493 e. The number of methoxy groups -OCH3 is 1. The topological polar surface area (TPSA) is 84.0 Å². The number of piperazine rings is 1. The van der Waals surface area contributed by atoms with Crippen LogP contribution < -0.4 is 14.2 Å². The van der Waals surface area contributed by atoms with E-state index < -0.39 is 32.5 Å². The largest absolute Gasteiger partial charge is 0.493 e. The van der Waals surface area contributed by atoms with Crippen molar-refractivity contribution in [1.29, 1.82) is 0 Å². The highest BCUT2D eigenvalue weighted by atomic mass is 32.2. The van der Waals surface area contributed by atoms with E-state index in [1.165, 1.54) is 18.2 Å². The molecule has 0 amide bonds. The van der Waals surface area contributed by atoms with Crippen LogP contribution in [-0.4, -0.2) is 76.7 Å². The minimum absolute atomic E-state index is 0.207. The number of rotatable bonds is 11. The predicted molar refractivity (Wildman–Crippen MR) is 171 cm³/mol. The van der Waals surface area contributed by atoms with Crippen LogP contribution in [0.15, 0.2) is 77.8 Å². The van der Waals surface area contributed by atoms with Crippen molar-refractivity contribution in [3.8, 4) is 11.5 Å². The van der Waals surface area contributed by atoms with Crippen molar-refractivity contribution in [2.24, 2.45) is 0 Å². The first-order valence-corrected chi connectivity index (χ1v) is 16.5. The molecule has 1 saturated heterocycles. The maximum Gasteiger partial charge on any atom is 0.417 e. The summed E-state index contributed by atoms with van der Waals surface area (Å²) in [5.41, 5.74) is 0.948. The lowest BCUT2D eigenvalue weighted by Crippen LogP contribution is -2.44. The van der Waals surface area contributed by atoms with Gasteiger partial charge in [-0.3, -0.25) is 9.71 Å². The maximum absolute atomic E-state index is 15.3. The number of likely N-dealkylation sites (N-methyl/N-ethyl adjacent to an activating group) is 1. The fraction of sp³-hybridized carbons (Fsp3) is 0.294. The lowest BCUT2D eigenvalue weighted by molar-refractivity contribution is -0.139. The number of sulfonamides is 1. The van der Waals surface area contributed by atoms with Gasteiger partial charge in [-0.15, -0.1) is 0 Å². The van der Waals surface area contributed by atoms with E-state index in [1.54, 1.807) is 19.4 Å². The SMILES string of the molecule is COc1cc2c(C3=C[C]3c3ccc(NS(=O)(=O)c4ccccc4C(F)(F)F)cc3F)ccnc2cc1OCCCN1CCN(C)CC1. The summed E-state index contributed by atoms with van der Waals surface area (Å²) >= 11 is 0. The van der Waals surface area contributed by atoms with Crippen molar-refractivity contribution < 1.29 is 35.5 Å². The van der Waals surface area contributed by atoms with Crippen molar-refractivity contribution in [1.82, 2.24) is 14.8 Å². The summed E-state index contributed by atoms with van der Waals surface area (Å²) < 4.78 is 95.0. The Morgan fingerprint density at radius 2 is 1.72 bits per heavy atom. The number of halogens is 4. The molecule has 4 aromatic rings. The third-order valence-corrected chi connectivity index (χ3v) is 9.72. The van der Waals surface area contributed by atoms with Gasteiger partial charge in [0.25, 0.3) is 10.0 Å². The molecule has 1 fully saturated rings. The molecule has 0 spiro atoms. The number of fused-ring (bicyclic) bond motifs is 1. The molecule has 1 radical (unpaired) electrons. The van der Waals surface area contributed by atoms with E-state index in [4.69, 9.17) is 9.47 Å². The Bertz CT molecular complexity index is 1930. The number of nitrogens with one attached hydrogen (secondary N) is 1. The summed E-state index contributed by atoms with van der Waals surface area (Å²) in [5, 5.41) is 0.781. The van der Waals surface area contributed by atoms with Crippen LogP contribution in [0.3, 0.4) is 0 Å². The predicted octanol–water partition coefficient (Wildman–Crippen LogP) is 6.24. The Morgan fingerprint density at radius 1 is 0.957 bits per heavy atom. The first kappa shape index (κ1) is 32.7. The lowest BCUT2D eigenvalue weighted by Gasteiger charge is -2.32. The number of aromatic nitrogens is 1. The van der Waals surface area contributed by atoms with Crippen molar-refractivity contribution in [2.45, 2.75) is 17.5 Å². The molecule has 1 aliphatic carbocycles. The van der Waals surface area contributed by atoms with Crippen LogP contribution in [0.4, 0.5) is 23.2 Å². The number of nitrogens with zero attached hydrogens (tertiary/aromatic N) is 3. The zero-order valence-corrected chi connectivity index (χ0v) is 26.6. The molecule has 0 bridgehead atoms. The smallest absolute Gasteiger partial charge is 0.417 e. The van der Waals surface area contributed by atoms with E-state index in [0.29, 0.717) is 35.6 Å². The van der Waals surface area contributed by atoms with Crippen molar-refractivity contribution >= 4 is 32.2 Å². The van der Waals surface area contributed by atoms with Gasteiger partial charge >= 0.3 is 6.18 Å². The molecule has 47 heavy (non-hydrogen) atoms. The van der Waals surface area contributed by atoms with E-state index in [2.05, 4.69) is 26.6 Å². The highest BCUT2D eigenvalue weighted by molar-refractivity contribution is 7.92. The molecule has 0 unspecified atom stereocenters. The number of ether oxygens (including phenoxy) is 2. The fourth-order valence-corrected chi connectivity index (χ4v) is 6.98. The average molecular weight is 670 g/mol. The highest BCUT2D eigenvalue weighted by Crippen LogP contribution is 2.49. The summed E-state index contributed by atoms with van der Waals surface area (Å²) in [6.07, 6.45) is -0.557. The third-order valence-electron chi connectivity index (χ3n) is 8.28. The van der Waals surface area contributed by atoms with Gasteiger partial charge < -0.3 is 19.3 Å². The molecule has 13 heteroatoms. The molecule has 1 aliphatic heterocycles. The second kappa shape index (κ2) is 13.1. The zero-order chi connectivity index (χ0) is 33.3. The van der Waals surface area contributed by atoms with Crippen LogP contribution in [-0.2, 0) is 16.2 Å². The van der Waals surface area contributed by atoms with Gasteiger partial charge in [0.05, 0.1) is 41.3 Å². The highest BCUT2D eigenvalue weighted by Gasteiger charge is 2.37. The van der Waals surface area contributed by atoms with Crippen LogP contribution in [0.1, 0.15) is 23.1 Å². The molecule has 2 heterocycles. The van der Waals surface area contributed by atoms with Gasteiger partial charge in [0.15, 0.2) is 11.5 Å². The molecule has 8 nitrogen and oxygen atoms in total. The number of anilines is 1. The monoisotopic (exact) mass is 669 g/mol. The fourth-order valence-electron chi connectivity index (χ4n) is 5.70. The van der Waals surface area contributed by atoms with Crippen molar-refractivity contribution in [3.63, 3.8) is 0 Å². The Kier molecular flexibility index (Phi) is 9.14. The third kappa shape index (κ3) is 7.21. The summed E-state index contributed by atoms with van der Waals surface area (Å²) in [7, 11) is -0.959.